The maximum Gasteiger partial charge on any atom is 0.258 e. The standard InChI is InChI=1S/C31H36ClN3O4/c1-20-17-28(35(21(2)36)25-13-9-23(32)10-14-25)27-16-15-26(39-19-31(3,4)38)18-29(27)34(20)30(37)22-7-11-24(12-8-22)33(5)6/h7-16,18,20,28,38H,17,19H2,1-6H3/t20-,28+/m0/s1. The molecule has 2 atom stereocenters. The van der Waals surface area contributed by atoms with Crippen molar-refractivity contribution in [3.63, 3.8) is 0 Å². The fraction of sp³-hybridized carbons (Fsp3) is 0.355. The van der Waals surface area contributed by atoms with Gasteiger partial charge in [0.05, 0.1) is 17.3 Å². The Labute approximate surface area is 235 Å². The van der Waals surface area contributed by atoms with E-state index in [1.807, 2.05) is 80.5 Å². The number of anilines is 3. The summed E-state index contributed by atoms with van der Waals surface area (Å²) in [5, 5.41) is 10.8. The van der Waals surface area contributed by atoms with Gasteiger partial charge in [-0.25, -0.2) is 0 Å². The lowest BCUT2D eigenvalue weighted by Crippen LogP contribution is -2.47. The number of aliphatic hydroxyl groups is 1. The second-order valence-corrected chi connectivity index (χ2v) is 11.3. The van der Waals surface area contributed by atoms with Crippen molar-refractivity contribution in [1.29, 1.82) is 0 Å². The highest BCUT2D eigenvalue weighted by Gasteiger charge is 2.38. The summed E-state index contributed by atoms with van der Waals surface area (Å²) in [7, 11) is 3.91. The van der Waals surface area contributed by atoms with Crippen molar-refractivity contribution in [3.8, 4) is 5.75 Å². The van der Waals surface area contributed by atoms with Crippen LogP contribution < -0.4 is 19.4 Å². The normalized spacial score (nSPS) is 16.9. The zero-order valence-electron chi connectivity index (χ0n) is 23.3. The van der Waals surface area contributed by atoms with E-state index in [9.17, 15) is 14.7 Å². The van der Waals surface area contributed by atoms with Crippen molar-refractivity contribution in [1.82, 2.24) is 0 Å². The van der Waals surface area contributed by atoms with Gasteiger partial charge in [-0.05, 0) is 87.4 Å². The van der Waals surface area contributed by atoms with Crippen LogP contribution in [0.4, 0.5) is 17.1 Å². The molecular weight excluding hydrogens is 514 g/mol. The number of rotatable bonds is 7. The molecule has 4 rings (SSSR count). The summed E-state index contributed by atoms with van der Waals surface area (Å²) < 4.78 is 5.90. The van der Waals surface area contributed by atoms with Crippen LogP contribution in [0.5, 0.6) is 5.75 Å². The highest BCUT2D eigenvalue weighted by Crippen LogP contribution is 2.44. The predicted octanol–water partition coefficient (Wildman–Crippen LogP) is 6.09. The first-order valence-electron chi connectivity index (χ1n) is 13.0. The number of carbonyl (C=O) groups excluding carboxylic acids is 2. The first-order valence-corrected chi connectivity index (χ1v) is 13.4. The number of amides is 2. The topological polar surface area (TPSA) is 73.3 Å². The van der Waals surface area contributed by atoms with E-state index in [1.165, 1.54) is 0 Å². The Kier molecular flexibility index (Phi) is 8.23. The Morgan fingerprint density at radius 2 is 1.64 bits per heavy atom. The Balaban J connectivity index is 1.80. The molecule has 1 N–H and O–H groups in total. The second-order valence-electron chi connectivity index (χ2n) is 10.9. The van der Waals surface area contributed by atoms with Crippen LogP contribution in [0.25, 0.3) is 0 Å². The van der Waals surface area contributed by atoms with Crippen LogP contribution in [0.1, 0.15) is 56.1 Å². The molecule has 7 nitrogen and oxygen atoms in total. The maximum atomic E-state index is 13.9. The van der Waals surface area contributed by atoms with Gasteiger partial charge in [0.25, 0.3) is 5.91 Å². The van der Waals surface area contributed by atoms with Crippen LogP contribution in [-0.4, -0.2) is 49.3 Å². The first-order chi connectivity index (χ1) is 18.4. The molecule has 1 heterocycles. The minimum Gasteiger partial charge on any atom is -0.491 e. The van der Waals surface area contributed by atoms with Crippen molar-refractivity contribution < 1.29 is 19.4 Å². The Bertz CT molecular complexity index is 1330. The lowest BCUT2D eigenvalue weighted by molar-refractivity contribution is -0.117. The van der Waals surface area contributed by atoms with Gasteiger partial charge in [-0.15, -0.1) is 0 Å². The predicted molar refractivity (Wildman–Crippen MR) is 157 cm³/mol. The Hall–Kier alpha value is -3.55. The number of ether oxygens (including phenoxy) is 1. The third kappa shape index (κ3) is 6.37. The summed E-state index contributed by atoms with van der Waals surface area (Å²) in [6.07, 6.45) is 0.542. The van der Waals surface area contributed by atoms with E-state index in [4.69, 9.17) is 16.3 Å². The van der Waals surface area contributed by atoms with Gasteiger partial charge in [0.2, 0.25) is 5.91 Å². The Morgan fingerprint density at radius 3 is 2.21 bits per heavy atom. The first kappa shape index (κ1) is 28.5. The monoisotopic (exact) mass is 549 g/mol. The molecule has 0 aromatic heterocycles. The van der Waals surface area contributed by atoms with E-state index >= 15 is 0 Å². The molecule has 0 saturated carbocycles. The van der Waals surface area contributed by atoms with Gasteiger partial charge in [0.15, 0.2) is 0 Å². The molecule has 3 aromatic rings. The maximum absolute atomic E-state index is 13.9. The molecule has 1 aliphatic heterocycles. The van der Waals surface area contributed by atoms with Gasteiger partial charge < -0.3 is 24.5 Å². The summed E-state index contributed by atoms with van der Waals surface area (Å²) in [4.78, 5) is 32.5. The summed E-state index contributed by atoms with van der Waals surface area (Å²) in [6.45, 7) is 6.98. The molecular formula is C31H36ClN3O4. The van der Waals surface area contributed by atoms with Gasteiger partial charge in [-0.3, -0.25) is 9.59 Å². The van der Waals surface area contributed by atoms with Gasteiger partial charge in [0, 0.05) is 55.1 Å². The number of carbonyl (C=O) groups is 2. The largest absolute Gasteiger partial charge is 0.491 e. The minimum absolute atomic E-state index is 0.0923. The van der Waals surface area contributed by atoms with Gasteiger partial charge in [-0.1, -0.05) is 17.7 Å². The number of nitrogens with zero attached hydrogens (tertiary/aromatic N) is 3. The van der Waals surface area contributed by atoms with Crippen LogP contribution in [-0.2, 0) is 4.79 Å². The average molecular weight is 550 g/mol. The second kappa shape index (κ2) is 11.3. The lowest BCUT2D eigenvalue weighted by atomic mass is 9.89. The quantitative estimate of drug-likeness (QED) is 0.386. The molecule has 0 aliphatic carbocycles. The van der Waals surface area contributed by atoms with Crippen molar-refractivity contribution in [2.45, 2.75) is 51.8 Å². The van der Waals surface area contributed by atoms with Crippen LogP contribution in [0.15, 0.2) is 66.7 Å². The highest BCUT2D eigenvalue weighted by atomic mass is 35.5. The smallest absolute Gasteiger partial charge is 0.258 e. The molecule has 3 aromatic carbocycles. The van der Waals surface area contributed by atoms with Gasteiger partial charge in [-0.2, -0.15) is 0 Å². The number of benzene rings is 3. The molecule has 0 bridgehead atoms. The van der Waals surface area contributed by atoms with Crippen LogP contribution >= 0.6 is 11.6 Å². The number of fused-ring (bicyclic) bond motifs is 1. The third-order valence-corrected chi connectivity index (χ3v) is 7.07. The van der Waals surface area contributed by atoms with E-state index in [-0.39, 0.29) is 30.5 Å². The lowest BCUT2D eigenvalue weighted by Gasteiger charge is -2.43. The molecule has 0 saturated heterocycles. The molecule has 8 heteroatoms. The van der Waals surface area contributed by atoms with Crippen molar-refractivity contribution >= 4 is 40.5 Å². The van der Waals surface area contributed by atoms with Gasteiger partial charge in [0.1, 0.15) is 12.4 Å². The summed E-state index contributed by atoms with van der Waals surface area (Å²) in [6, 6.07) is 19.7. The molecule has 0 fully saturated rings. The fourth-order valence-corrected chi connectivity index (χ4v) is 5.06. The molecule has 0 radical (unpaired) electrons. The molecule has 0 unspecified atom stereocenters. The van der Waals surface area contributed by atoms with E-state index in [2.05, 4.69) is 0 Å². The molecule has 206 valence electrons. The molecule has 0 spiro atoms. The van der Waals surface area contributed by atoms with E-state index in [0.29, 0.717) is 28.4 Å². The van der Waals surface area contributed by atoms with Crippen LogP contribution in [0, 0.1) is 0 Å². The Morgan fingerprint density at radius 1 is 1.03 bits per heavy atom. The number of hydrogen-bond acceptors (Lipinski definition) is 5. The zero-order valence-corrected chi connectivity index (χ0v) is 24.1. The van der Waals surface area contributed by atoms with E-state index < -0.39 is 5.60 Å². The van der Waals surface area contributed by atoms with Crippen molar-refractivity contribution in [2.75, 3.05) is 35.4 Å². The number of hydrogen-bond donors (Lipinski definition) is 1. The van der Waals surface area contributed by atoms with Crippen molar-refractivity contribution in [3.05, 3.63) is 82.9 Å². The summed E-state index contributed by atoms with van der Waals surface area (Å²) in [5.74, 6) is 0.292. The fourth-order valence-electron chi connectivity index (χ4n) is 4.93. The molecule has 1 aliphatic rings. The number of halogens is 1. The van der Waals surface area contributed by atoms with E-state index in [1.54, 1.807) is 42.7 Å². The van der Waals surface area contributed by atoms with Gasteiger partial charge >= 0.3 is 0 Å². The van der Waals surface area contributed by atoms with Crippen LogP contribution in [0.2, 0.25) is 5.02 Å². The zero-order chi connectivity index (χ0) is 28.5. The molecule has 2 amide bonds. The summed E-state index contributed by atoms with van der Waals surface area (Å²) >= 11 is 6.12. The minimum atomic E-state index is -1.02. The van der Waals surface area contributed by atoms with E-state index in [0.717, 1.165) is 16.9 Å². The highest BCUT2D eigenvalue weighted by molar-refractivity contribution is 6.30. The van der Waals surface area contributed by atoms with Crippen LogP contribution in [0.3, 0.4) is 0 Å². The summed E-state index contributed by atoms with van der Waals surface area (Å²) in [5.41, 5.74) is 2.80. The molecule has 39 heavy (non-hydrogen) atoms. The van der Waals surface area contributed by atoms with Crippen molar-refractivity contribution in [2.24, 2.45) is 0 Å². The average Bonchev–Trinajstić information content (AvgIpc) is 2.87. The third-order valence-electron chi connectivity index (χ3n) is 6.82. The SMILES string of the molecule is CC(=O)N(c1ccc(Cl)cc1)[C@@H]1C[C@H](C)N(C(=O)c2ccc(N(C)C)cc2)c2cc(OCC(C)(C)O)ccc21.